The van der Waals surface area contributed by atoms with Gasteiger partial charge < -0.3 is 14.8 Å². The maximum absolute atomic E-state index is 13.3. The van der Waals surface area contributed by atoms with Crippen LogP contribution in [0.4, 0.5) is 5.82 Å². The van der Waals surface area contributed by atoms with Crippen LogP contribution in [0.25, 0.3) is 11.7 Å². The number of amides is 1. The highest BCUT2D eigenvalue weighted by Crippen LogP contribution is 2.34. The van der Waals surface area contributed by atoms with Crippen LogP contribution in [0, 0.1) is 6.92 Å². The van der Waals surface area contributed by atoms with Gasteiger partial charge in [0, 0.05) is 26.5 Å². The second-order valence-electron chi connectivity index (χ2n) is 7.46. The largest absolute Gasteiger partial charge is 0.383 e. The van der Waals surface area contributed by atoms with Gasteiger partial charge in [-0.1, -0.05) is 30.0 Å². The number of nitrogens with one attached hydrogen (secondary N) is 1. The van der Waals surface area contributed by atoms with Crippen molar-refractivity contribution in [1.29, 1.82) is 0 Å². The molecule has 0 bridgehead atoms. The van der Waals surface area contributed by atoms with Gasteiger partial charge in [-0.05, 0) is 37.5 Å². The predicted molar refractivity (Wildman–Crippen MR) is 125 cm³/mol. The van der Waals surface area contributed by atoms with Crippen LogP contribution < -0.4 is 10.9 Å². The molecule has 164 valence electrons. The molecule has 1 unspecified atom stereocenters. The number of aryl methyl sites for hydroxylation is 1. The number of hydrogen-bond acceptors (Lipinski definition) is 8. The van der Waals surface area contributed by atoms with Gasteiger partial charge in [-0.15, -0.1) is 0 Å². The summed E-state index contributed by atoms with van der Waals surface area (Å²) in [5.41, 5.74) is 1.53. The molecule has 10 heteroatoms. The van der Waals surface area contributed by atoms with Crippen LogP contribution in [0.15, 0.2) is 28.0 Å². The van der Waals surface area contributed by atoms with Gasteiger partial charge in [0.2, 0.25) is 0 Å². The van der Waals surface area contributed by atoms with Crippen molar-refractivity contribution in [3.63, 3.8) is 0 Å². The van der Waals surface area contributed by atoms with E-state index in [0.29, 0.717) is 52.6 Å². The molecule has 1 N–H and O–H groups in total. The van der Waals surface area contributed by atoms with Crippen molar-refractivity contribution in [2.45, 2.75) is 25.9 Å². The van der Waals surface area contributed by atoms with Crippen LogP contribution in [0.2, 0.25) is 0 Å². The fourth-order valence-electron chi connectivity index (χ4n) is 3.58. The van der Waals surface area contributed by atoms with E-state index in [0.717, 1.165) is 18.4 Å². The van der Waals surface area contributed by atoms with E-state index in [4.69, 9.17) is 21.7 Å². The van der Waals surface area contributed by atoms with E-state index in [1.54, 1.807) is 30.3 Å². The van der Waals surface area contributed by atoms with Crippen LogP contribution in [0.1, 0.15) is 24.0 Å². The van der Waals surface area contributed by atoms with Gasteiger partial charge in [-0.25, -0.2) is 4.98 Å². The minimum atomic E-state index is -0.252. The summed E-state index contributed by atoms with van der Waals surface area (Å²) in [6.45, 7) is 4.00. The third-order valence-corrected chi connectivity index (χ3v) is 6.54. The standard InChI is InChI=1S/C21H24N4O4S2/c1-13-5-6-17-23-18(22-7-9-28-2)15(19(26)24(17)11-13)10-16-20(27)25(21(30)31-16)12-14-4-3-8-29-14/h5-6,10-11,14,22H,3-4,7-9,12H2,1-2H3/b16-10-. The highest BCUT2D eigenvalue weighted by Gasteiger charge is 2.35. The first-order chi connectivity index (χ1) is 15.0. The number of methoxy groups -OCH3 is 1. The first-order valence-corrected chi connectivity index (χ1v) is 11.3. The first kappa shape index (κ1) is 21.9. The number of aromatic nitrogens is 2. The molecular formula is C21H24N4O4S2. The lowest BCUT2D eigenvalue weighted by molar-refractivity contribution is -0.123. The van der Waals surface area contributed by atoms with Crippen LogP contribution in [0.5, 0.6) is 0 Å². The highest BCUT2D eigenvalue weighted by atomic mass is 32.2. The Labute approximate surface area is 189 Å². The Morgan fingerprint density at radius 2 is 2.26 bits per heavy atom. The number of rotatable bonds is 7. The number of pyridine rings is 1. The van der Waals surface area contributed by atoms with E-state index in [-0.39, 0.29) is 17.6 Å². The first-order valence-electron chi connectivity index (χ1n) is 10.1. The number of carbonyl (C=O) groups excluding carboxylic acids is 1. The maximum Gasteiger partial charge on any atom is 0.267 e. The second kappa shape index (κ2) is 9.47. The number of nitrogens with zero attached hydrogens (tertiary/aromatic N) is 3. The fraction of sp³-hybridized carbons (Fsp3) is 0.429. The number of thioether (sulfide) groups is 1. The summed E-state index contributed by atoms with van der Waals surface area (Å²) in [7, 11) is 1.60. The molecule has 2 fully saturated rings. The maximum atomic E-state index is 13.3. The highest BCUT2D eigenvalue weighted by molar-refractivity contribution is 8.26. The van der Waals surface area contributed by atoms with Crippen molar-refractivity contribution in [3.8, 4) is 0 Å². The van der Waals surface area contributed by atoms with Crippen molar-refractivity contribution in [2.75, 3.05) is 38.7 Å². The monoisotopic (exact) mass is 460 g/mol. The molecule has 0 aromatic carbocycles. The average molecular weight is 461 g/mol. The molecule has 0 spiro atoms. The van der Waals surface area contributed by atoms with Crippen LogP contribution in [-0.4, -0.2) is 64.0 Å². The molecule has 2 aliphatic heterocycles. The number of carbonyl (C=O) groups is 1. The summed E-state index contributed by atoms with van der Waals surface area (Å²) in [5, 5.41) is 3.15. The molecule has 0 saturated carbocycles. The Kier molecular flexibility index (Phi) is 6.71. The molecule has 31 heavy (non-hydrogen) atoms. The topological polar surface area (TPSA) is 85.2 Å². The van der Waals surface area contributed by atoms with E-state index in [9.17, 15) is 9.59 Å². The van der Waals surface area contributed by atoms with E-state index in [2.05, 4.69) is 10.3 Å². The van der Waals surface area contributed by atoms with Gasteiger partial charge in [0.1, 0.15) is 15.8 Å². The Bertz CT molecular complexity index is 1110. The molecular weight excluding hydrogens is 436 g/mol. The summed E-state index contributed by atoms with van der Waals surface area (Å²) in [5.74, 6) is 0.206. The van der Waals surface area contributed by atoms with Crippen LogP contribution >= 0.6 is 24.0 Å². The van der Waals surface area contributed by atoms with E-state index in [1.807, 2.05) is 13.0 Å². The molecule has 2 aromatic rings. The zero-order chi connectivity index (χ0) is 22.0. The molecule has 2 saturated heterocycles. The van der Waals surface area contributed by atoms with Crippen molar-refractivity contribution in [3.05, 3.63) is 44.7 Å². The van der Waals surface area contributed by atoms with Crippen molar-refractivity contribution in [2.24, 2.45) is 0 Å². The van der Waals surface area contributed by atoms with Gasteiger partial charge in [-0.3, -0.25) is 18.9 Å². The molecule has 0 aliphatic carbocycles. The van der Waals surface area contributed by atoms with E-state index < -0.39 is 0 Å². The SMILES string of the molecule is COCCNc1nc2ccc(C)cn2c(=O)c1/C=C1\SC(=S)N(CC2CCCO2)C1=O. The van der Waals surface area contributed by atoms with Crippen molar-refractivity contribution < 1.29 is 14.3 Å². The van der Waals surface area contributed by atoms with Gasteiger partial charge in [-0.2, -0.15) is 0 Å². The van der Waals surface area contributed by atoms with Gasteiger partial charge in [0.15, 0.2) is 0 Å². The Hall–Kier alpha value is -2.27. The number of fused-ring (bicyclic) bond motifs is 1. The van der Waals surface area contributed by atoms with E-state index in [1.165, 1.54) is 16.2 Å². The van der Waals surface area contributed by atoms with Gasteiger partial charge in [0.25, 0.3) is 11.5 Å². The number of ether oxygens (including phenoxy) is 2. The fourth-order valence-corrected chi connectivity index (χ4v) is 4.83. The van der Waals surface area contributed by atoms with Crippen LogP contribution in [-0.2, 0) is 14.3 Å². The molecule has 4 rings (SSSR count). The summed E-state index contributed by atoms with van der Waals surface area (Å²) in [6.07, 6.45) is 5.24. The summed E-state index contributed by atoms with van der Waals surface area (Å²) >= 11 is 6.63. The predicted octanol–water partition coefficient (Wildman–Crippen LogP) is 2.44. The number of anilines is 1. The molecule has 1 amide bonds. The average Bonchev–Trinajstić information content (AvgIpc) is 3.35. The molecule has 2 aromatic heterocycles. The van der Waals surface area contributed by atoms with Crippen LogP contribution in [0.3, 0.4) is 0 Å². The Balaban J connectivity index is 1.71. The summed E-state index contributed by atoms with van der Waals surface area (Å²) in [6, 6.07) is 3.69. The summed E-state index contributed by atoms with van der Waals surface area (Å²) < 4.78 is 12.7. The van der Waals surface area contributed by atoms with E-state index >= 15 is 0 Å². The smallest absolute Gasteiger partial charge is 0.267 e. The Morgan fingerprint density at radius 1 is 1.42 bits per heavy atom. The quantitative estimate of drug-likeness (QED) is 0.383. The minimum Gasteiger partial charge on any atom is -0.383 e. The minimum absolute atomic E-state index is 0.00376. The molecule has 0 radical (unpaired) electrons. The van der Waals surface area contributed by atoms with Crippen molar-refractivity contribution in [1.82, 2.24) is 14.3 Å². The van der Waals surface area contributed by atoms with Gasteiger partial charge >= 0.3 is 0 Å². The third kappa shape index (κ3) is 4.67. The third-order valence-electron chi connectivity index (χ3n) is 5.16. The lowest BCUT2D eigenvalue weighted by Crippen LogP contribution is -2.35. The summed E-state index contributed by atoms with van der Waals surface area (Å²) in [4.78, 5) is 32.9. The zero-order valence-corrected chi connectivity index (χ0v) is 19.1. The molecule has 8 nitrogen and oxygen atoms in total. The number of hydrogen-bond donors (Lipinski definition) is 1. The lowest BCUT2D eigenvalue weighted by Gasteiger charge is -2.18. The second-order valence-corrected chi connectivity index (χ2v) is 9.14. The van der Waals surface area contributed by atoms with Crippen molar-refractivity contribution >= 4 is 51.7 Å². The Morgan fingerprint density at radius 3 is 3.00 bits per heavy atom. The molecule has 4 heterocycles. The number of thiocarbonyl (C=S) groups is 1. The van der Waals surface area contributed by atoms with Gasteiger partial charge in [0.05, 0.1) is 29.7 Å². The zero-order valence-electron chi connectivity index (χ0n) is 17.4. The molecule has 2 aliphatic rings. The lowest BCUT2D eigenvalue weighted by atomic mass is 10.2. The normalized spacial score (nSPS) is 20.4. The molecule has 1 atom stereocenters.